The van der Waals surface area contributed by atoms with Crippen molar-refractivity contribution in [2.45, 2.75) is 50.9 Å². The van der Waals surface area contributed by atoms with E-state index in [4.69, 9.17) is 16.3 Å². The van der Waals surface area contributed by atoms with Crippen LogP contribution in [0.3, 0.4) is 0 Å². The van der Waals surface area contributed by atoms with Crippen molar-refractivity contribution in [3.63, 3.8) is 0 Å². The van der Waals surface area contributed by atoms with Crippen LogP contribution in [0.4, 0.5) is 5.82 Å². The van der Waals surface area contributed by atoms with Crippen molar-refractivity contribution in [3.8, 4) is 5.75 Å². The van der Waals surface area contributed by atoms with Crippen molar-refractivity contribution in [1.29, 1.82) is 0 Å². The molecule has 30 heavy (non-hydrogen) atoms. The molecule has 4 rings (SSSR count). The van der Waals surface area contributed by atoms with Crippen LogP contribution in [-0.2, 0) is 13.1 Å². The molecule has 0 radical (unpaired) electrons. The van der Waals surface area contributed by atoms with E-state index in [0.717, 1.165) is 35.4 Å². The first-order valence-electron chi connectivity index (χ1n) is 10.1. The van der Waals surface area contributed by atoms with E-state index in [1.54, 1.807) is 18.0 Å². The third-order valence-corrected chi connectivity index (χ3v) is 6.01. The largest absolute Gasteiger partial charge is 0.497 e. The van der Waals surface area contributed by atoms with Crippen molar-refractivity contribution >= 4 is 28.5 Å². The number of ether oxygens (including phenoxy) is 1. The predicted octanol–water partition coefficient (Wildman–Crippen LogP) is 2.79. The highest BCUT2D eigenvalue weighted by atomic mass is 35.5. The predicted molar refractivity (Wildman–Crippen MR) is 115 cm³/mol. The maximum Gasteiger partial charge on any atom is 0.163 e. The number of rotatable bonds is 8. The van der Waals surface area contributed by atoms with Crippen LogP contribution >= 0.6 is 11.6 Å². The Kier molecular flexibility index (Phi) is 6.36. The zero-order valence-electron chi connectivity index (χ0n) is 16.9. The number of aliphatic hydroxyl groups excluding tert-OH is 2. The molecule has 0 saturated heterocycles. The van der Waals surface area contributed by atoms with Gasteiger partial charge in [-0.25, -0.2) is 14.6 Å². The minimum Gasteiger partial charge on any atom is -0.497 e. The van der Waals surface area contributed by atoms with E-state index in [1.807, 2.05) is 18.2 Å². The van der Waals surface area contributed by atoms with Crippen molar-refractivity contribution < 1.29 is 14.9 Å². The molecule has 2 aromatic heterocycles. The molecule has 1 fully saturated rings. The number of nitrogens with zero attached hydrogens (tertiary/aromatic N) is 5. The fourth-order valence-electron chi connectivity index (χ4n) is 4.08. The smallest absolute Gasteiger partial charge is 0.163 e. The standard InChI is InChI=1S/C21H26ClN5O3/c1-30-17-6-7-19(22)14(8-17)10-26(15-4-2-3-5-15)20-18-9-25-27(11-16(29)12-28)21(18)24-13-23-20/h6-9,13,15-16,28-29H,2-5,10-12H2,1H3. The SMILES string of the molecule is COc1ccc(Cl)c(CN(c2ncnc3c2cnn3CC(O)CO)C2CCCC2)c1. The summed E-state index contributed by atoms with van der Waals surface area (Å²) >= 11 is 6.50. The summed E-state index contributed by atoms with van der Waals surface area (Å²) in [5.74, 6) is 1.56. The third kappa shape index (κ3) is 4.21. The van der Waals surface area contributed by atoms with Gasteiger partial charge in [0, 0.05) is 17.6 Å². The van der Waals surface area contributed by atoms with Gasteiger partial charge in [0.1, 0.15) is 17.9 Å². The highest BCUT2D eigenvalue weighted by Gasteiger charge is 2.27. The Balaban J connectivity index is 1.74. The maximum atomic E-state index is 9.82. The molecule has 1 aliphatic carbocycles. The number of anilines is 1. The van der Waals surface area contributed by atoms with Gasteiger partial charge < -0.3 is 19.8 Å². The van der Waals surface area contributed by atoms with Crippen molar-refractivity contribution in [2.75, 3.05) is 18.6 Å². The Labute approximate surface area is 180 Å². The van der Waals surface area contributed by atoms with Crippen LogP contribution in [0.25, 0.3) is 11.0 Å². The van der Waals surface area contributed by atoms with Crippen LogP contribution in [0.5, 0.6) is 5.75 Å². The lowest BCUT2D eigenvalue weighted by atomic mass is 10.1. The van der Waals surface area contributed by atoms with Gasteiger partial charge >= 0.3 is 0 Å². The molecule has 0 aliphatic heterocycles. The van der Waals surface area contributed by atoms with Gasteiger partial charge in [-0.1, -0.05) is 24.4 Å². The second-order valence-electron chi connectivity index (χ2n) is 7.62. The number of halogens is 1. The van der Waals surface area contributed by atoms with E-state index in [-0.39, 0.29) is 13.2 Å². The summed E-state index contributed by atoms with van der Waals surface area (Å²) in [7, 11) is 1.64. The number of hydrogen-bond donors (Lipinski definition) is 2. The average Bonchev–Trinajstić information content (AvgIpc) is 3.43. The number of aromatic nitrogens is 4. The summed E-state index contributed by atoms with van der Waals surface area (Å²) in [6.45, 7) is 0.431. The van der Waals surface area contributed by atoms with Crippen LogP contribution in [-0.4, -0.2) is 55.8 Å². The molecule has 1 aromatic carbocycles. The average molecular weight is 432 g/mol. The van der Waals surface area contributed by atoms with Gasteiger partial charge in [-0.05, 0) is 36.6 Å². The van der Waals surface area contributed by atoms with Gasteiger partial charge in [0.25, 0.3) is 0 Å². The molecule has 2 heterocycles. The number of aliphatic hydroxyl groups is 2. The van der Waals surface area contributed by atoms with E-state index >= 15 is 0 Å². The molecular weight excluding hydrogens is 406 g/mol. The monoisotopic (exact) mass is 431 g/mol. The highest BCUT2D eigenvalue weighted by Crippen LogP contribution is 2.34. The summed E-state index contributed by atoms with van der Waals surface area (Å²) in [6.07, 6.45) is 6.90. The number of hydrogen-bond acceptors (Lipinski definition) is 7. The van der Waals surface area contributed by atoms with E-state index < -0.39 is 6.10 Å². The number of fused-ring (bicyclic) bond motifs is 1. The second-order valence-corrected chi connectivity index (χ2v) is 8.03. The highest BCUT2D eigenvalue weighted by molar-refractivity contribution is 6.31. The van der Waals surface area contributed by atoms with Gasteiger partial charge in [0.2, 0.25) is 0 Å². The van der Waals surface area contributed by atoms with E-state index in [9.17, 15) is 10.2 Å². The molecule has 9 heteroatoms. The first-order valence-corrected chi connectivity index (χ1v) is 10.5. The minimum absolute atomic E-state index is 0.168. The molecule has 3 aromatic rings. The van der Waals surface area contributed by atoms with Gasteiger partial charge in [0.05, 0.1) is 37.9 Å². The van der Waals surface area contributed by atoms with Crippen LogP contribution < -0.4 is 9.64 Å². The van der Waals surface area contributed by atoms with Crippen molar-refractivity contribution in [1.82, 2.24) is 19.7 Å². The fourth-order valence-corrected chi connectivity index (χ4v) is 4.25. The lowest BCUT2D eigenvalue weighted by molar-refractivity contribution is 0.0792. The lowest BCUT2D eigenvalue weighted by Crippen LogP contribution is -2.33. The van der Waals surface area contributed by atoms with E-state index in [2.05, 4.69) is 20.0 Å². The molecule has 0 amide bonds. The molecule has 0 bridgehead atoms. The van der Waals surface area contributed by atoms with E-state index in [0.29, 0.717) is 23.3 Å². The van der Waals surface area contributed by atoms with Gasteiger partial charge in [0.15, 0.2) is 5.65 Å². The quantitative estimate of drug-likeness (QED) is 0.566. The van der Waals surface area contributed by atoms with Crippen LogP contribution in [0.15, 0.2) is 30.7 Å². The van der Waals surface area contributed by atoms with E-state index in [1.165, 1.54) is 19.2 Å². The first kappa shape index (κ1) is 20.8. The zero-order chi connectivity index (χ0) is 21.1. The summed E-state index contributed by atoms with van der Waals surface area (Å²) in [5.41, 5.74) is 1.60. The molecule has 1 aliphatic rings. The normalized spacial score (nSPS) is 15.6. The fraction of sp³-hybridized carbons (Fsp3) is 0.476. The number of benzene rings is 1. The molecule has 0 spiro atoms. The van der Waals surface area contributed by atoms with Gasteiger partial charge in [-0.15, -0.1) is 0 Å². The molecule has 1 atom stereocenters. The summed E-state index contributed by atoms with van der Waals surface area (Å²) in [4.78, 5) is 11.3. The molecule has 160 valence electrons. The summed E-state index contributed by atoms with van der Waals surface area (Å²) < 4.78 is 6.99. The summed E-state index contributed by atoms with van der Waals surface area (Å²) in [6, 6.07) is 6.01. The van der Waals surface area contributed by atoms with Crippen molar-refractivity contribution in [3.05, 3.63) is 41.3 Å². The summed E-state index contributed by atoms with van der Waals surface area (Å²) in [5, 5.41) is 24.9. The molecular formula is C21H26ClN5O3. The Bertz CT molecular complexity index is 1010. The van der Waals surface area contributed by atoms with Crippen molar-refractivity contribution in [2.24, 2.45) is 0 Å². The Morgan fingerprint density at radius 1 is 1.30 bits per heavy atom. The molecule has 8 nitrogen and oxygen atoms in total. The second kappa shape index (κ2) is 9.16. The molecule has 1 saturated carbocycles. The van der Waals surface area contributed by atoms with Crippen LogP contribution in [0.2, 0.25) is 5.02 Å². The topological polar surface area (TPSA) is 96.5 Å². The minimum atomic E-state index is -0.895. The van der Waals surface area contributed by atoms with Crippen LogP contribution in [0, 0.1) is 0 Å². The Hall–Kier alpha value is -2.42. The first-order chi connectivity index (χ1) is 14.6. The van der Waals surface area contributed by atoms with Gasteiger partial charge in [-0.3, -0.25) is 0 Å². The maximum absolute atomic E-state index is 9.82. The number of methoxy groups -OCH3 is 1. The Morgan fingerprint density at radius 2 is 2.10 bits per heavy atom. The zero-order valence-corrected chi connectivity index (χ0v) is 17.7. The molecule has 2 N–H and O–H groups in total. The molecule has 1 unspecified atom stereocenters. The van der Waals surface area contributed by atoms with Gasteiger partial charge in [-0.2, -0.15) is 5.10 Å². The lowest BCUT2D eigenvalue weighted by Gasteiger charge is -2.31. The Morgan fingerprint density at radius 3 is 2.83 bits per heavy atom. The third-order valence-electron chi connectivity index (χ3n) is 5.64. The van der Waals surface area contributed by atoms with Crippen LogP contribution in [0.1, 0.15) is 31.2 Å².